The molecule has 1 aromatic rings. The molecule has 1 rings (SSSR count). The molecule has 0 bridgehead atoms. The monoisotopic (exact) mass is 185 g/mol. The standard InChI is InChI=1S/C8H15N3S/c1-4-6(9)8-7(5(2)3)10-11-12-8/h5-6H,4,9H2,1-3H3. The summed E-state index contributed by atoms with van der Waals surface area (Å²) in [7, 11) is 0. The van der Waals surface area contributed by atoms with Gasteiger partial charge in [-0.2, -0.15) is 0 Å². The first-order chi connectivity index (χ1) is 5.66. The van der Waals surface area contributed by atoms with Crippen LogP contribution in [0.1, 0.15) is 49.7 Å². The van der Waals surface area contributed by atoms with Gasteiger partial charge >= 0.3 is 0 Å². The van der Waals surface area contributed by atoms with E-state index in [0.717, 1.165) is 17.0 Å². The molecule has 68 valence electrons. The van der Waals surface area contributed by atoms with E-state index >= 15 is 0 Å². The Hall–Kier alpha value is -0.480. The molecule has 1 heterocycles. The molecule has 0 fully saturated rings. The molecule has 1 unspecified atom stereocenters. The smallest absolute Gasteiger partial charge is 0.0828 e. The number of nitrogens with zero attached hydrogens (tertiary/aromatic N) is 2. The van der Waals surface area contributed by atoms with Crippen molar-refractivity contribution in [3.63, 3.8) is 0 Å². The first-order valence-electron chi connectivity index (χ1n) is 4.24. The lowest BCUT2D eigenvalue weighted by atomic mass is 10.1. The zero-order chi connectivity index (χ0) is 9.14. The van der Waals surface area contributed by atoms with Crippen LogP contribution in [-0.4, -0.2) is 9.59 Å². The van der Waals surface area contributed by atoms with Crippen molar-refractivity contribution in [3.05, 3.63) is 10.6 Å². The first kappa shape index (κ1) is 9.61. The molecule has 0 radical (unpaired) electrons. The van der Waals surface area contributed by atoms with Crippen molar-refractivity contribution >= 4 is 11.5 Å². The summed E-state index contributed by atoms with van der Waals surface area (Å²) >= 11 is 1.42. The van der Waals surface area contributed by atoms with Crippen LogP contribution in [0, 0.1) is 0 Å². The van der Waals surface area contributed by atoms with Gasteiger partial charge in [0.2, 0.25) is 0 Å². The predicted octanol–water partition coefficient (Wildman–Crippen LogP) is 2.07. The molecular formula is C8H15N3S. The Morgan fingerprint density at radius 2 is 2.17 bits per heavy atom. The van der Waals surface area contributed by atoms with Crippen LogP contribution in [0.3, 0.4) is 0 Å². The van der Waals surface area contributed by atoms with Gasteiger partial charge in [0.1, 0.15) is 0 Å². The van der Waals surface area contributed by atoms with Crippen LogP contribution in [0.2, 0.25) is 0 Å². The van der Waals surface area contributed by atoms with Gasteiger partial charge in [-0.1, -0.05) is 25.3 Å². The number of hydrogen-bond acceptors (Lipinski definition) is 4. The lowest BCUT2D eigenvalue weighted by Gasteiger charge is -2.08. The van der Waals surface area contributed by atoms with E-state index in [4.69, 9.17) is 5.73 Å². The Kier molecular flexibility index (Phi) is 3.17. The van der Waals surface area contributed by atoms with Crippen LogP contribution < -0.4 is 5.73 Å². The van der Waals surface area contributed by atoms with Crippen LogP contribution in [0.4, 0.5) is 0 Å². The molecule has 2 N–H and O–H groups in total. The zero-order valence-electron chi connectivity index (χ0n) is 7.74. The maximum Gasteiger partial charge on any atom is 0.0828 e. The fourth-order valence-corrected chi connectivity index (χ4v) is 1.94. The molecular weight excluding hydrogens is 170 g/mol. The highest BCUT2D eigenvalue weighted by Gasteiger charge is 2.15. The summed E-state index contributed by atoms with van der Waals surface area (Å²) in [5.41, 5.74) is 6.97. The SMILES string of the molecule is CCC(N)c1snnc1C(C)C. The molecule has 1 atom stereocenters. The van der Waals surface area contributed by atoms with Gasteiger partial charge in [0.05, 0.1) is 10.6 Å². The van der Waals surface area contributed by atoms with Gasteiger partial charge in [-0.05, 0) is 23.9 Å². The average Bonchev–Trinajstić information content (AvgIpc) is 2.50. The quantitative estimate of drug-likeness (QED) is 0.784. The van der Waals surface area contributed by atoms with E-state index in [-0.39, 0.29) is 6.04 Å². The molecule has 0 saturated carbocycles. The summed E-state index contributed by atoms with van der Waals surface area (Å²) in [4.78, 5) is 1.15. The van der Waals surface area contributed by atoms with Gasteiger partial charge in [0, 0.05) is 6.04 Å². The molecule has 0 spiro atoms. The van der Waals surface area contributed by atoms with Crippen LogP contribution in [0.5, 0.6) is 0 Å². The summed E-state index contributed by atoms with van der Waals surface area (Å²) in [6.45, 7) is 6.31. The third-order valence-corrected chi connectivity index (χ3v) is 2.74. The molecule has 1 aromatic heterocycles. The topological polar surface area (TPSA) is 51.8 Å². The maximum absolute atomic E-state index is 5.91. The largest absolute Gasteiger partial charge is 0.323 e. The fourth-order valence-electron chi connectivity index (χ4n) is 1.05. The van der Waals surface area contributed by atoms with Gasteiger partial charge < -0.3 is 5.73 Å². The first-order valence-corrected chi connectivity index (χ1v) is 5.01. The molecule has 0 aliphatic carbocycles. The molecule has 0 aliphatic rings. The number of hydrogen-bond donors (Lipinski definition) is 1. The van der Waals surface area contributed by atoms with Crippen LogP contribution in [0.15, 0.2) is 0 Å². The highest BCUT2D eigenvalue weighted by molar-refractivity contribution is 7.05. The number of aromatic nitrogens is 2. The summed E-state index contributed by atoms with van der Waals surface area (Å²) < 4.78 is 3.92. The van der Waals surface area contributed by atoms with E-state index in [1.54, 1.807) is 0 Å². The maximum atomic E-state index is 5.91. The molecule has 3 nitrogen and oxygen atoms in total. The van der Waals surface area contributed by atoms with E-state index in [9.17, 15) is 0 Å². The third-order valence-electron chi connectivity index (χ3n) is 1.86. The minimum atomic E-state index is 0.113. The fraction of sp³-hybridized carbons (Fsp3) is 0.750. The van der Waals surface area contributed by atoms with Crippen molar-refractivity contribution in [2.75, 3.05) is 0 Å². The van der Waals surface area contributed by atoms with E-state index < -0.39 is 0 Å². The molecule has 12 heavy (non-hydrogen) atoms. The molecule has 4 heteroatoms. The predicted molar refractivity (Wildman–Crippen MR) is 51.2 cm³/mol. The van der Waals surface area contributed by atoms with E-state index in [0.29, 0.717) is 5.92 Å². The minimum absolute atomic E-state index is 0.113. The van der Waals surface area contributed by atoms with Crippen molar-refractivity contribution < 1.29 is 0 Å². The lowest BCUT2D eigenvalue weighted by molar-refractivity contribution is 0.683. The summed E-state index contributed by atoms with van der Waals surface area (Å²) in [5.74, 6) is 0.427. The van der Waals surface area contributed by atoms with E-state index in [1.165, 1.54) is 11.5 Å². The highest BCUT2D eigenvalue weighted by atomic mass is 32.1. The number of rotatable bonds is 3. The van der Waals surface area contributed by atoms with Crippen molar-refractivity contribution in [1.82, 2.24) is 9.59 Å². The average molecular weight is 185 g/mol. The second kappa shape index (κ2) is 3.96. The minimum Gasteiger partial charge on any atom is -0.323 e. The van der Waals surface area contributed by atoms with Gasteiger partial charge in [-0.15, -0.1) is 5.10 Å². The van der Waals surface area contributed by atoms with E-state index in [1.807, 2.05) is 0 Å². The third kappa shape index (κ3) is 1.81. The molecule has 0 aliphatic heterocycles. The Balaban J connectivity index is 2.91. The second-order valence-corrected chi connectivity index (χ2v) is 3.98. The molecule has 0 aromatic carbocycles. The van der Waals surface area contributed by atoms with Crippen LogP contribution in [0.25, 0.3) is 0 Å². The van der Waals surface area contributed by atoms with Crippen molar-refractivity contribution in [1.29, 1.82) is 0 Å². The second-order valence-electron chi connectivity index (χ2n) is 3.19. The number of nitrogens with two attached hydrogens (primary N) is 1. The summed E-state index contributed by atoms with van der Waals surface area (Å²) in [5, 5.41) is 4.07. The van der Waals surface area contributed by atoms with Crippen LogP contribution >= 0.6 is 11.5 Å². The Bertz CT molecular complexity index is 244. The summed E-state index contributed by atoms with van der Waals surface area (Å²) in [6, 6.07) is 0.113. The van der Waals surface area contributed by atoms with Crippen molar-refractivity contribution in [2.45, 2.75) is 39.2 Å². The van der Waals surface area contributed by atoms with Gasteiger partial charge in [-0.3, -0.25) is 0 Å². The Morgan fingerprint density at radius 3 is 2.67 bits per heavy atom. The van der Waals surface area contributed by atoms with Crippen LogP contribution in [-0.2, 0) is 0 Å². The van der Waals surface area contributed by atoms with Gasteiger partial charge in [0.25, 0.3) is 0 Å². The molecule has 0 saturated heterocycles. The lowest BCUT2D eigenvalue weighted by Crippen LogP contribution is -2.09. The van der Waals surface area contributed by atoms with Crippen molar-refractivity contribution in [2.24, 2.45) is 5.73 Å². The van der Waals surface area contributed by atoms with Crippen molar-refractivity contribution in [3.8, 4) is 0 Å². The van der Waals surface area contributed by atoms with Gasteiger partial charge in [0.15, 0.2) is 0 Å². The Labute approximate surface area is 77.2 Å². The summed E-state index contributed by atoms with van der Waals surface area (Å²) in [6.07, 6.45) is 0.948. The normalized spacial score (nSPS) is 13.8. The zero-order valence-corrected chi connectivity index (χ0v) is 8.56. The highest BCUT2D eigenvalue weighted by Crippen LogP contribution is 2.25. The van der Waals surface area contributed by atoms with E-state index in [2.05, 4.69) is 30.4 Å². The van der Waals surface area contributed by atoms with Gasteiger partial charge in [-0.25, -0.2) is 0 Å². The molecule has 0 amide bonds. The Morgan fingerprint density at radius 1 is 1.50 bits per heavy atom.